The van der Waals surface area contributed by atoms with Crippen LogP contribution in [0.4, 0.5) is 0 Å². The molecule has 98 valence electrons. The second-order valence-electron chi connectivity index (χ2n) is 3.87. The largest absolute Gasteiger partial charge is 0.327 e. The molecule has 6 heteroatoms. The molecule has 1 heterocycles. The number of fused-ring (bicyclic) bond motifs is 1. The molecule has 0 saturated carbocycles. The predicted octanol–water partition coefficient (Wildman–Crippen LogP) is 4.49. The second kappa shape index (κ2) is 6.38. The van der Waals surface area contributed by atoms with Crippen LogP contribution < -0.4 is 0 Å². The maximum absolute atomic E-state index is 6.08. The summed E-state index contributed by atoms with van der Waals surface area (Å²) in [6, 6.07) is 3.69. The average molecular weight is 324 g/mol. The van der Waals surface area contributed by atoms with Gasteiger partial charge in [-0.25, -0.2) is 4.98 Å². The molecule has 2 nitrogen and oxygen atoms in total. The Balaban J connectivity index is 2.53. The van der Waals surface area contributed by atoms with E-state index >= 15 is 0 Å². The Kier molecular flexibility index (Phi) is 5.07. The van der Waals surface area contributed by atoms with Crippen LogP contribution in [0.2, 0.25) is 10.0 Å². The summed E-state index contributed by atoms with van der Waals surface area (Å²) in [7, 11) is 0. The van der Waals surface area contributed by atoms with Crippen molar-refractivity contribution in [3.63, 3.8) is 0 Å². The number of aryl methyl sites for hydroxylation is 2. The number of hydrogen-bond donors (Lipinski definition) is 0. The first kappa shape index (κ1) is 14.3. The summed E-state index contributed by atoms with van der Waals surface area (Å²) in [6.45, 7) is 0.905. The molecule has 0 amide bonds. The fraction of sp³-hybridized carbons (Fsp3) is 0.417. The van der Waals surface area contributed by atoms with Gasteiger partial charge in [-0.15, -0.1) is 11.6 Å². The van der Waals surface area contributed by atoms with Crippen LogP contribution in [0.1, 0.15) is 5.82 Å². The van der Waals surface area contributed by atoms with Crippen LogP contribution in [0.5, 0.6) is 0 Å². The van der Waals surface area contributed by atoms with E-state index in [9.17, 15) is 0 Å². The molecule has 2 rings (SSSR count). The molecule has 0 fully saturated rings. The van der Waals surface area contributed by atoms with Crippen molar-refractivity contribution in [3.8, 4) is 0 Å². The zero-order chi connectivity index (χ0) is 13.1. The van der Waals surface area contributed by atoms with Gasteiger partial charge in [-0.1, -0.05) is 23.2 Å². The number of alkyl halides is 1. The zero-order valence-electron chi connectivity index (χ0n) is 9.92. The highest BCUT2D eigenvalue weighted by atomic mass is 35.5. The standard InChI is InChI=1S/C12H13Cl3N2S/c1-18-5-4-17-11-7-9(15)8(14)6-10(11)16-12(17)2-3-13/h6-7H,2-5H2,1H3. The number of nitrogens with zero attached hydrogens (tertiary/aromatic N) is 2. The van der Waals surface area contributed by atoms with Gasteiger partial charge in [0.15, 0.2) is 0 Å². The monoisotopic (exact) mass is 322 g/mol. The first-order valence-corrected chi connectivity index (χ1v) is 8.25. The maximum Gasteiger partial charge on any atom is 0.111 e. The van der Waals surface area contributed by atoms with Gasteiger partial charge < -0.3 is 4.57 Å². The van der Waals surface area contributed by atoms with Gasteiger partial charge in [-0.3, -0.25) is 0 Å². The van der Waals surface area contributed by atoms with E-state index in [0.29, 0.717) is 15.9 Å². The number of halogens is 3. The molecule has 2 aromatic rings. The quantitative estimate of drug-likeness (QED) is 0.755. The van der Waals surface area contributed by atoms with Gasteiger partial charge in [0.2, 0.25) is 0 Å². The van der Waals surface area contributed by atoms with Gasteiger partial charge in [0, 0.05) is 24.6 Å². The molecule has 0 N–H and O–H groups in total. The van der Waals surface area contributed by atoms with Gasteiger partial charge >= 0.3 is 0 Å². The van der Waals surface area contributed by atoms with Crippen molar-refractivity contribution < 1.29 is 0 Å². The summed E-state index contributed by atoms with van der Waals surface area (Å²) < 4.78 is 2.18. The number of imidazole rings is 1. The van der Waals surface area contributed by atoms with Crippen LogP contribution in [0.15, 0.2) is 12.1 Å². The van der Waals surface area contributed by atoms with E-state index in [1.807, 2.05) is 12.1 Å². The molecule has 1 aromatic heterocycles. The van der Waals surface area contributed by atoms with Crippen molar-refractivity contribution in [3.05, 3.63) is 28.0 Å². The first-order valence-electron chi connectivity index (χ1n) is 5.56. The fourth-order valence-electron chi connectivity index (χ4n) is 1.88. The van der Waals surface area contributed by atoms with Gasteiger partial charge in [0.25, 0.3) is 0 Å². The molecule has 1 aromatic carbocycles. The molecule has 0 aliphatic heterocycles. The summed E-state index contributed by atoms with van der Waals surface area (Å²) in [5.74, 6) is 2.58. The topological polar surface area (TPSA) is 17.8 Å². The second-order valence-corrected chi connectivity index (χ2v) is 6.04. The molecule has 0 unspecified atom stereocenters. The number of hydrogen-bond acceptors (Lipinski definition) is 2. The van der Waals surface area contributed by atoms with E-state index in [0.717, 1.165) is 35.6 Å². The first-order chi connectivity index (χ1) is 8.67. The summed E-state index contributed by atoms with van der Waals surface area (Å²) in [6.07, 6.45) is 2.84. The number of benzene rings is 1. The Hall–Kier alpha value is -0.0900. The predicted molar refractivity (Wildman–Crippen MR) is 82.6 cm³/mol. The molecular weight excluding hydrogens is 311 g/mol. The molecule has 0 spiro atoms. The lowest BCUT2D eigenvalue weighted by atomic mass is 10.3. The van der Waals surface area contributed by atoms with Gasteiger partial charge in [-0.05, 0) is 18.4 Å². The minimum atomic E-state index is 0.538. The highest BCUT2D eigenvalue weighted by Crippen LogP contribution is 2.28. The molecule has 0 atom stereocenters. The Labute approximate surface area is 126 Å². The highest BCUT2D eigenvalue weighted by Gasteiger charge is 2.12. The summed E-state index contributed by atoms with van der Waals surface area (Å²) in [5.41, 5.74) is 1.91. The lowest BCUT2D eigenvalue weighted by Gasteiger charge is -2.07. The fourth-order valence-corrected chi connectivity index (χ4v) is 2.73. The third kappa shape index (κ3) is 2.90. The lowest BCUT2D eigenvalue weighted by molar-refractivity contribution is 0.734. The Morgan fingerprint density at radius 1 is 1.28 bits per heavy atom. The summed E-state index contributed by atoms with van der Waals surface area (Å²) in [4.78, 5) is 4.58. The Morgan fingerprint density at radius 3 is 2.67 bits per heavy atom. The van der Waals surface area contributed by atoms with Gasteiger partial charge in [0.05, 0.1) is 21.1 Å². The molecule has 0 saturated heterocycles. The maximum atomic E-state index is 6.08. The van der Waals surface area contributed by atoms with Crippen LogP contribution >= 0.6 is 46.6 Å². The van der Waals surface area contributed by atoms with E-state index in [2.05, 4.69) is 15.8 Å². The SMILES string of the molecule is CSCCn1c(CCCl)nc2cc(Cl)c(Cl)cc21. The molecule has 0 aliphatic rings. The normalized spacial score (nSPS) is 11.3. The van der Waals surface area contributed by atoms with E-state index in [1.54, 1.807) is 11.8 Å². The highest BCUT2D eigenvalue weighted by molar-refractivity contribution is 7.98. The number of thioether (sulfide) groups is 1. The van der Waals surface area contributed by atoms with Gasteiger partial charge in [-0.2, -0.15) is 11.8 Å². The third-order valence-electron chi connectivity index (χ3n) is 2.71. The van der Waals surface area contributed by atoms with E-state index in [4.69, 9.17) is 34.8 Å². The van der Waals surface area contributed by atoms with Crippen LogP contribution in [0.25, 0.3) is 11.0 Å². The lowest BCUT2D eigenvalue weighted by Crippen LogP contribution is -2.06. The molecule has 0 bridgehead atoms. The van der Waals surface area contributed by atoms with Crippen LogP contribution in [0.3, 0.4) is 0 Å². The Bertz CT molecular complexity index is 554. The van der Waals surface area contributed by atoms with Crippen LogP contribution in [-0.2, 0) is 13.0 Å². The van der Waals surface area contributed by atoms with Crippen molar-refractivity contribution in [2.24, 2.45) is 0 Å². The van der Waals surface area contributed by atoms with Crippen molar-refractivity contribution in [1.82, 2.24) is 9.55 Å². The minimum Gasteiger partial charge on any atom is -0.327 e. The third-order valence-corrected chi connectivity index (χ3v) is 4.21. The van der Waals surface area contributed by atoms with Crippen molar-refractivity contribution in [2.45, 2.75) is 13.0 Å². The zero-order valence-corrected chi connectivity index (χ0v) is 13.0. The molecular formula is C12H13Cl3N2S. The Morgan fingerprint density at radius 2 is 2.00 bits per heavy atom. The molecule has 0 aliphatic carbocycles. The van der Waals surface area contributed by atoms with Crippen molar-refractivity contribution in [2.75, 3.05) is 17.9 Å². The van der Waals surface area contributed by atoms with Crippen molar-refractivity contribution in [1.29, 1.82) is 0 Å². The van der Waals surface area contributed by atoms with E-state index in [1.165, 1.54) is 0 Å². The van der Waals surface area contributed by atoms with E-state index in [-0.39, 0.29) is 0 Å². The van der Waals surface area contributed by atoms with Crippen molar-refractivity contribution >= 4 is 57.6 Å². The smallest absolute Gasteiger partial charge is 0.111 e. The van der Waals surface area contributed by atoms with Gasteiger partial charge in [0.1, 0.15) is 5.82 Å². The average Bonchev–Trinajstić information content (AvgIpc) is 2.65. The molecule has 0 radical (unpaired) electrons. The summed E-state index contributed by atoms with van der Waals surface area (Å²) in [5, 5.41) is 1.10. The minimum absolute atomic E-state index is 0.538. The van der Waals surface area contributed by atoms with Crippen LogP contribution in [-0.4, -0.2) is 27.4 Å². The number of rotatable bonds is 5. The molecule has 18 heavy (non-hydrogen) atoms. The van der Waals surface area contributed by atoms with Crippen LogP contribution in [0, 0.1) is 0 Å². The number of aromatic nitrogens is 2. The summed E-state index contributed by atoms with van der Waals surface area (Å²) >= 11 is 19.7. The van der Waals surface area contributed by atoms with E-state index < -0.39 is 0 Å².